The van der Waals surface area contributed by atoms with Gasteiger partial charge in [0.25, 0.3) is 0 Å². The van der Waals surface area contributed by atoms with Crippen LogP contribution in [0.15, 0.2) is 18.3 Å². The zero-order valence-corrected chi connectivity index (χ0v) is 7.09. The van der Waals surface area contributed by atoms with Crippen LogP contribution in [0.5, 0.6) is 5.75 Å². The number of aryl methyl sites for hydroxylation is 1. The number of nitrogens with zero attached hydrogens (tertiary/aromatic N) is 1. The van der Waals surface area contributed by atoms with Gasteiger partial charge < -0.3 is 4.74 Å². The normalized spacial score (nSPS) is 10.5. The molecule has 3 nitrogen and oxygen atoms in total. The van der Waals surface area contributed by atoms with Crippen molar-refractivity contribution in [2.45, 2.75) is 6.92 Å². The van der Waals surface area contributed by atoms with Gasteiger partial charge in [0, 0.05) is 5.39 Å². The molecule has 1 N–H and O–H groups in total. The number of benzene rings is 1. The number of aromatic amines is 1. The van der Waals surface area contributed by atoms with Crippen LogP contribution in [-0.4, -0.2) is 17.3 Å². The average molecular weight is 162 g/mol. The summed E-state index contributed by atoms with van der Waals surface area (Å²) in [5.74, 6) is 0.906. The van der Waals surface area contributed by atoms with Gasteiger partial charge in [0.2, 0.25) is 0 Å². The summed E-state index contributed by atoms with van der Waals surface area (Å²) in [6.07, 6.45) is 1.79. The second kappa shape index (κ2) is 2.52. The van der Waals surface area contributed by atoms with Crippen molar-refractivity contribution in [1.29, 1.82) is 0 Å². The molecule has 0 radical (unpaired) electrons. The molecule has 0 unspecified atom stereocenters. The van der Waals surface area contributed by atoms with Crippen LogP contribution in [0.3, 0.4) is 0 Å². The number of H-pyrrole nitrogens is 1. The molecule has 62 valence electrons. The molecule has 0 amide bonds. The Labute approximate surface area is 70.4 Å². The molecular formula is C9H10N2O. The van der Waals surface area contributed by atoms with E-state index in [1.54, 1.807) is 13.3 Å². The van der Waals surface area contributed by atoms with Crippen LogP contribution < -0.4 is 4.74 Å². The quantitative estimate of drug-likeness (QED) is 0.695. The van der Waals surface area contributed by atoms with E-state index in [1.165, 1.54) is 0 Å². The van der Waals surface area contributed by atoms with Gasteiger partial charge in [0.1, 0.15) is 5.75 Å². The van der Waals surface area contributed by atoms with Gasteiger partial charge in [-0.1, -0.05) is 0 Å². The van der Waals surface area contributed by atoms with Crippen molar-refractivity contribution in [2.75, 3.05) is 7.11 Å². The molecular weight excluding hydrogens is 152 g/mol. The van der Waals surface area contributed by atoms with Crippen molar-refractivity contribution in [3.05, 3.63) is 23.9 Å². The Kier molecular flexibility index (Phi) is 1.50. The standard InChI is InChI=1S/C9H10N2O/c1-6-3-8-7(5-10-11-8)4-9(6)12-2/h3-5H,1-2H3,(H,10,11). The van der Waals surface area contributed by atoms with Crippen LogP contribution in [0, 0.1) is 6.92 Å². The van der Waals surface area contributed by atoms with Crippen LogP contribution in [0.2, 0.25) is 0 Å². The van der Waals surface area contributed by atoms with E-state index in [-0.39, 0.29) is 0 Å². The lowest BCUT2D eigenvalue weighted by Gasteiger charge is -2.02. The van der Waals surface area contributed by atoms with Gasteiger partial charge in [-0.2, -0.15) is 5.10 Å². The topological polar surface area (TPSA) is 37.9 Å². The van der Waals surface area contributed by atoms with E-state index in [0.717, 1.165) is 22.2 Å². The lowest BCUT2D eigenvalue weighted by atomic mass is 10.2. The van der Waals surface area contributed by atoms with Crippen LogP contribution in [0.25, 0.3) is 10.9 Å². The second-order valence-electron chi connectivity index (χ2n) is 2.78. The highest BCUT2D eigenvalue weighted by Crippen LogP contribution is 2.23. The smallest absolute Gasteiger partial charge is 0.122 e. The van der Waals surface area contributed by atoms with Gasteiger partial charge in [0.05, 0.1) is 18.8 Å². The molecule has 0 aliphatic rings. The second-order valence-corrected chi connectivity index (χ2v) is 2.78. The lowest BCUT2D eigenvalue weighted by molar-refractivity contribution is 0.412. The number of fused-ring (bicyclic) bond motifs is 1. The highest BCUT2D eigenvalue weighted by atomic mass is 16.5. The van der Waals surface area contributed by atoms with Crippen molar-refractivity contribution in [2.24, 2.45) is 0 Å². The van der Waals surface area contributed by atoms with Crippen molar-refractivity contribution in [3.63, 3.8) is 0 Å². The van der Waals surface area contributed by atoms with E-state index < -0.39 is 0 Å². The molecule has 0 aliphatic carbocycles. The molecule has 2 aromatic rings. The molecule has 0 saturated carbocycles. The Bertz CT molecular complexity index is 406. The summed E-state index contributed by atoms with van der Waals surface area (Å²) in [5.41, 5.74) is 2.17. The van der Waals surface area contributed by atoms with E-state index in [9.17, 15) is 0 Å². The molecule has 0 aliphatic heterocycles. The van der Waals surface area contributed by atoms with E-state index in [2.05, 4.69) is 10.2 Å². The van der Waals surface area contributed by atoms with E-state index in [1.807, 2.05) is 19.1 Å². The first-order valence-electron chi connectivity index (χ1n) is 3.79. The van der Waals surface area contributed by atoms with Crippen LogP contribution in [0.4, 0.5) is 0 Å². The maximum absolute atomic E-state index is 5.18. The Morgan fingerprint density at radius 2 is 2.25 bits per heavy atom. The summed E-state index contributed by atoms with van der Waals surface area (Å²) in [6, 6.07) is 4.01. The van der Waals surface area contributed by atoms with Gasteiger partial charge in [-0.15, -0.1) is 0 Å². The van der Waals surface area contributed by atoms with E-state index in [4.69, 9.17) is 4.74 Å². The van der Waals surface area contributed by atoms with Crippen LogP contribution in [-0.2, 0) is 0 Å². The monoisotopic (exact) mass is 162 g/mol. The first-order chi connectivity index (χ1) is 5.81. The van der Waals surface area contributed by atoms with Crippen molar-refractivity contribution < 1.29 is 4.74 Å². The van der Waals surface area contributed by atoms with Gasteiger partial charge in [-0.3, -0.25) is 5.10 Å². The van der Waals surface area contributed by atoms with Crippen LogP contribution >= 0.6 is 0 Å². The summed E-state index contributed by atoms with van der Waals surface area (Å²) in [4.78, 5) is 0. The third-order valence-electron chi connectivity index (χ3n) is 1.96. The number of aromatic nitrogens is 2. The fourth-order valence-electron chi connectivity index (χ4n) is 1.30. The fourth-order valence-corrected chi connectivity index (χ4v) is 1.30. The predicted octanol–water partition coefficient (Wildman–Crippen LogP) is 1.88. The minimum Gasteiger partial charge on any atom is -0.496 e. The largest absolute Gasteiger partial charge is 0.496 e. The highest BCUT2D eigenvalue weighted by Gasteiger charge is 2.01. The summed E-state index contributed by atoms with van der Waals surface area (Å²) in [7, 11) is 1.67. The van der Waals surface area contributed by atoms with Crippen molar-refractivity contribution in [1.82, 2.24) is 10.2 Å². The minimum absolute atomic E-state index is 0.906. The van der Waals surface area contributed by atoms with Gasteiger partial charge in [-0.25, -0.2) is 0 Å². The maximum atomic E-state index is 5.18. The predicted molar refractivity (Wildman–Crippen MR) is 47.4 cm³/mol. The zero-order chi connectivity index (χ0) is 8.55. The number of methoxy groups -OCH3 is 1. The van der Waals surface area contributed by atoms with Gasteiger partial charge in [-0.05, 0) is 24.6 Å². The fraction of sp³-hybridized carbons (Fsp3) is 0.222. The third-order valence-corrected chi connectivity index (χ3v) is 1.96. The first kappa shape index (κ1) is 7.16. The van der Waals surface area contributed by atoms with E-state index >= 15 is 0 Å². The maximum Gasteiger partial charge on any atom is 0.122 e. The summed E-state index contributed by atoms with van der Waals surface area (Å²) in [6.45, 7) is 2.01. The summed E-state index contributed by atoms with van der Waals surface area (Å²) >= 11 is 0. The summed E-state index contributed by atoms with van der Waals surface area (Å²) in [5, 5.41) is 7.92. The zero-order valence-electron chi connectivity index (χ0n) is 7.09. The number of rotatable bonds is 1. The molecule has 0 atom stereocenters. The van der Waals surface area contributed by atoms with E-state index in [0.29, 0.717) is 0 Å². The lowest BCUT2D eigenvalue weighted by Crippen LogP contribution is -1.86. The minimum atomic E-state index is 0.906. The molecule has 0 spiro atoms. The molecule has 1 heterocycles. The molecule has 1 aromatic heterocycles. The number of hydrogen-bond donors (Lipinski definition) is 1. The number of ether oxygens (including phenoxy) is 1. The number of hydrogen-bond acceptors (Lipinski definition) is 2. The van der Waals surface area contributed by atoms with Crippen molar-refractivity contribution in [3.8, 4) is 5.75 Å². The molecule has 12 heavy (non-hydrogen) atoms. The summed E-state index contributed by atoms with van der Waals surface area (Å²) < 4.78 is 5.18. The van der Waals surface area contributed by atoms with Crippen LogP contribution in [0.1, 0.15) is 5.56 Å². The van der Waals surface area contributed by atoms with Gasteiger partial charge >= 0.3 is 0 Å². The highest BCUT2D eigenvalue weighted by molar-refractivity contribution is 5.80. The molecule has 0 bridgehead atoms. The Balaban J connectivity index is 2.73. The Hall–Kier alpha value is -1.51. The average Bonchev–Trinajstić information content (AvgIpc) is 2.49. The van der Waals surface area contributed by atoms with Gasteiger partial charge in [0.15, 0.2) is 0 Å². The molecule has 0 fully saturated rings. The molecule has 3 heteroatoms. The Morgan fingerprint density at radius 3 is 3.00 bits per heavy atom. The third kappa shape index (κ3) is 0.942. The van der Waals surface area contributed by atoms with Crippen molar-refractivity contribution >= 4 is 10.9 Å². The number of nitrogens with one attached hydrogen (secondary N) is 1. The first-order valence-corrected chi connectivity index (χ1v) is 3.79. The molecule has 2 rings (SSSR count). The molecule has 0 saturated heterocycles. The molecule has 1 aromatic carbocycles. The Morgan fingerprint density at radius 1 is 1.42 bits per heavy atom. The SMILES string of the molecule is COc1cc2cn[nH]c2cc1C.